The highest BCUT2D eigenvalue weighted by molar-refractivity contribution is 5.60. The maximum atomic E-state index is 5.75. The molecule has 13 heavy (non-hydrogen) atoms. The van der Waals surface area contributed by atoms with Crippen molar-refractivity contribution in [2.45, 2.75) is 20.3 Å². The summed E-state index contributed by atoms with van der Waals surface area (Å²) in [4.78, 5) is 8.42. The maximum Gasteiger partial charge on any atom is 0.180 e. The summed E-state index contributed by atoms with van der Waals surface area (Å²) in [5.74, 6) is 0.507. The Balaban J connectivity index is 2.85. The third-order valence-corrected chi connectivity index (χ3v) is 2.24. The Kier molecular flexibility index (Phi) is 1.69. The Labute approximate surface area is 76.4 Å². The number of aryl methyl sites for hydroxylation is 2. The molecule has 4 heteroatoms. The van der Waals surface area contributed by atoms with Crippen molar-refractivity contribution in [2.24, 2.45) is 0 Å². The lowest BCUT2D eigenvalue weighted by atomic mass is 10.2. The third-order valence-electron chi connectivity index (χ3n) is 2.24. The van der Waals surface area contributed by atoms with Crippen molar-refractivity contribution in [3.63, 3.8) is 0 Å². The Morgan fingerprint density at radius 1 is 1.54 bits per heavy atom. The number of imidazole rings is 1. The predicted molar refractivity (Wildman–Crippen MR) is 51.5 cm³/mol. The molecule has 2 rings (SSSR count). The summed E-state index contributed by atoms with van der Waals surface area (Å²) in [6, 6.07) is 0. The molecule has 0 spiro atoms. The van der Waals surface area contributed by atoms with Gasteiger partial charge in [-0.3, -0.25) is 4.40 Å². The number of nitrogens with zero attached hydrogens (tertiary/aromatic N) is 3. The zero-order valence-electron chi connectivity index (χ0n) is 7.78. The molecule has 0 amide bonds. The van der Waals surface area contributed by atoms with Gasteiger partial charge in [-0.05, 0) is 13.3 Å². The van der Waals surface area contributed by atoms with E-state index in [1.165, 1.54) is 0 Å². The van der Waals surface area contributed by atoms with Crippen LogP contribution < -0.4 is 5.73 Å². The average molecular weight is 176 g/mol. The first-order chi connectivity index (χ1) is 6.24. The van der Waals surface area contributed by atoms with Crippen molar-refractivity contribution in [1.29, 1.82) is 0 Å². The summed E-state index contributed by atoms with van der Waals surface area (Å²) < 4.78 is 1.97. The van der Waals surface area contributed by atoms with Crippen LogP contribution in [0.15, 0.2) is 12.4 Å². The van der Waals surface area contributed by atoms with Crippen LogP contribution in [0.1, 0.15) is 18.3 Å². The molecule has 2 heterocycles. The topological polar surface area (TPSA) is 56.2 Å². The summed E-state index contributed by atoms with van der Waals surface area (Å²) in [6.45, 7) is 4.09. The molecule has 68 valence electrons. The fraction of sp³-hybridized carbons (Fsp3) is 0.333. The van der Waals surface area contributed by atoms with Gasteiger partial charge in [-0.15, -0.1) is 0 Å². The van der Waals surface area contributed by atoms with Gasteiger partial charge in [-0.1, -0.05) is 6.92 Å². The summed E-state index contributed by atoms with van der Waals surface area (Å²) >= 11 is 0. The molecule has 2 aromatic rings. The minimum atomic E-state index is 0.507. The molecule has 0 atom stereocenters. The van der Waals surface area contributed by atoms with Gasteiger partial charge in [-0.25, -0.2) is 9.97 Å². The van der Waals surface area contributed by atoms with Gasteiger partial charge in [0.15, 0.2) is 11.5 Å². The molecule has 0 unspecified atom stereocenters. The lowest BCUT2D eigenvalue weighted by Crippen LogP contribution is -2.04. The molecule has 0 aliphatic heterocycles. The minimum Gasteiger partial charge on any atom is -0.381 e. The van der Waals surface area contributed by atoms with Gasteiger partial charge < -0.3 is 5.73 Å². The monoisotopic (exact) mass is 176 g/mol. The predicted octanol–water partition coefficient (Wildman–Crippen LogP) is 1.18. The number of nitrogen functional groups attached to an aromatic ring is 1. The molecule has 0 bridgehead atoms. The second kappa shape index (κ2) is 2.73. The van der Waals surface area contributed by atoms with E-state index in [1.54, 1.807) is 6.20 Å². The second-order valence-corrected chi connectivity index (χ2v) is 3.00. The number of fused-ring (bicyclic) bond motifs is 1. The van der Waals surface area contributed by atoms with E-state index in [9.17, 15) is 0 Å². The average Bonchev–Trinajstić information content (AvgIpc) is 2.60. The van der Waals surface area contributed by atoms with Crippen LogP contribution >= 0.6 is 0 Å². The third kappa shape index (κ3) is 1.06. The lowest BCUT2D eigenvalue weighted by Gasteiger charge is -2.06. The van der Waals surface area contributed by atoms with Crippen LogP contribution in [-0.4, -0.2) is 14.4 Å². The van der Waals surface area contributed by atoms with Gasteiger partial charge in [0.1, 0.15) is 0 Å². The molecular weight excluding hydrogens is 164 g/mol. The fourth-order valence-electron chi connectivity index (χ4n) is 1.51. The standard InChI is InChI=1S/C9H12N4/c1-3-7-6(2)13-5-4-11-9(13)8(10)12-7/h4-5H,3H2,1-2H3,(H2,10,12). The summed E-state index contributed by atoms with van der Waals surface area (Å²) in [5, 5.41) is 0. The van der Waals surface area contributed by atoms with E-state index >= 15 is 0 Å². The molecule has 2 N–H and O–H groups in total. The van der Waals surface area contributed by atoms with Crippen LogP contribution in [0.5, 0.6) is 0 Å². The molecular formula is C9H12N4. The van der Waals surface area contributed by atoms with Crippen molar-refractivity contribution in [3.05, 3.63) is 23.8 Å². The van der Waals surface area contributed by atoms with Crippen LogP contribution in [0.4, 0.5) is 5.82 Å². The quantitative estimate of drug-likeness (QED) is 0.709. The Morgan fingerprint density at radius 2 is 2.31 bits per heavy atom. The summed E-state index contributed by atoms with van der Waals surface area (Å²) in [6.07, 6.45) is 4.53. The SMILES string of the molecule is CCc1nc(N)c2nccn2c1C. The molecule has 0 aromatic carbocycles. The van der Waals surface area contributed by atoms with Crippen molar-refractivity contribution >= 4 is 11.5 Å². The molecule has 0 fully saturated rings. The van der Waals surface area contributed by atoms with Gasteiger partial charge in [0, 0.05) is 18.1 Å². The Bertz CT molecular complexity index is 444. The summed E-state index contributed by atoms with van der Waals surface area (Å²) in [5.41, 5.74) is 8.64. The second-order valence-electron chi connectivity index (χ2n) is 3.00. The number of nitrogens with two attached hydrogens (primary N) is 1. The molecule has 0 aliphatic carbocycles. The van der Waals surface area contributed by atoms with Crippen LogP contribution in [0.2, 0.25) is 0 Å². The van der Waals surface area contributed by atoms with E-state index < -0.39 is 0 Å². The van der Waals surface area contributed by atoms with Crippen molar-refractivity contribution in [2.75, 3.05) is 5.73 Å². The van der Waals surface area contributed by atoms with E-state index in [0.717, 1.165) is 23.5 Å². The Morgan fingerprint density at radius 3 is 3.00 bits per heavy atom. The van der Waals surface area contributed by atoms with Gasteiger partial charge in [0.2, 0.25) is 0 Å². The zero-order chi connectivity index (χ0) is 9.42. The van der Waals surface area contributed by atoms with Gasteiger partial charge >= 0.3 is 0 Å². The molecule has 0 saturated carbocycles. The van der Waals surface area contributed by atoms with E-state index in [4.69, 9.17) is 5.73 Å². The number of rotatable bonds is 1. The van der Waals surface area contributed by atoms with Gasteiger partial charge in [-0.2, -0.15) is 0 Å². The molecule has 2 aromatic heterocycles. The molecule has 0 radical (unpaired) electrons. The number of hydrogen-bond acceptors (Lipinski definition) is 3. The van der Waals surface area contributed by atoms with Crippen molar-refractivity contribution < 1.29 is 0 Å². The lowest BCUT2D eigenvalue weighted by molar-refractivity contribution is 0.938. The number of anilines is 1. The van der Waals surface area contributed by atoms with Crippen LogP contribution in [0.25, 0.3) is 5.65 Å². The van der Waals surface area contributed by atoms with Crippen LogP contribution in [-0.2, 0) is 6.42 Å². The first-order valence-electron chi connectivity index (χ1n) is 4.32. The first kappa shape index (κ1) is 8.04. The minimum absolute atomic E-state index is 0.507. The van der Waals surface area contributed by atoms with E-state index in [-0.39, 0.29) is 0 Å². The maximum absolute atomic E-state index is 5.75. The molecule has 4 nitrogen and oxygen atoms in total. The van der Waals surface area contributed by atoms with E-state index in [1.807, 2.05) is 17.5 Å². The highest BCUT2D eigenvalue weighted by Crippen LogP contribution is 2.14. The van der Waals surface area contributed by atoms with Gasteiger partial charge in [0.25, 0.3) is 0 Å². The largest absolute Gasteiger partial charge is 0.381 e. The molecule has 0 aliphatic rings. The highest BCUT2D eigenvalue weighted by atomic mass is 15.1. The number of hydrogen-bond donors (Lipinski definition) is 1. The van der Waals surface area contributed by atoms with Crippen LogP contribution in [0.3, 0.4) is 0 Å². The zero-order valence-corrected chi connectivity index (χ0v) is 7.78. The Hall–Kier alpha value is -1.58. The van der Waals surface area contributed by atoms with Crippen LogP contribution in [0, 0.1) is 6.92 Å². The number of aromatic nitrogens is 3. The highest BCUT2D eigenvalue weighted by Gasteiger charge is 2.07. The van der Waals surface area contributed by atoms with E-state index in [2.05, 4.69) is 16.9 Å². The summed E-state index contributed by atoms with van der Waals surface area (Å²) in [7, 11) is 0. The molecule has 0 saturated heterocycles. The normalized spacial score (nSPS) is 10.9. The van der Waals surface area contributed by atoms with Crippen molar-refractivity contribution in [3.8, 4) is 0 Å². The van der Waals surface area contributed by atoms with Gasteiger partial charge in [0.05, 0.1) is 5.69 Å². The van der Waals surface area contributed by atoms with Crippen molar-refractivity contribution in [1.82, 2.24) is 14.4 Å². The smallest absolute Gasteiger partial charge is 0.180 e. The fourth-order valence-corrected chi connectivity index (χ4v) is 1.51. The first-order valence-corrected chi connectivity index (χ1v) is 4.32. The van der Waals surface area contributed by atoms with E-state index in [0.29, 0.717) is 5.82 Å².